The molecule has 20 heavy (non-hydrogen) atoms. The fourth-order valence-corrected chi connectivity index (χ4v) is 3.40. The predicted molar refractivity (Wildman–Crippen MR) is 77.7 cm³/mol. The molecule has 1 aromatic carbocycles. The van der Waals surface area contributed by atoms with E-state index >= 15 is 0 Å². The van der Waals surface area contributed by atoms with Gasteiger partial charge in [0.15, 0.2) is 5.82 Å². The molecule has 0 radical (unpaired) electrons. The van der Waals surface area contributed by atoms with E-state index in [1.54, 1.807) is 0 Å². The van der Waals surface area contributed by atoms with Gasteiger partial charge in [-0.15, -0.1) is 10.2 Å². The second kappa shape index (κ2) is 5.37. The second-order valence-corrected chi connectivity index (χ2v) is 5.61. The molecule has 4 heteroatoms. The number of benzene rings is 1. The quantitative estimate of drug-likeness (QED) is 0.930. The molecule has 3 rings (SSSR count). The molecule has 1 fully saturated rings. The highest BCUT2D eigenvalue weighted by Crippen LogP contribution is 2.43. The molecule has 0 spiro atoms. The molecule has 1 aromatic heterocycles. The van der Waals surface area contributed by atoms with Crippen LogP contribution in [-0.4, -0.2) is 19.9 Å². The first-order valence-electron chi connectivity index (χ1n) is 7.42. The first kappa shape index (κ1) is 13.3. The highest BCUT2D eigenvalue weighted by molar-refractivity contribution is 5.35. The summed E-state index contributed by atoms with van der Waals surface area (Å²) in [6, 6.07) is 10.1. The van der Waals surface area contributed by atoms with Crippen molar-refractivity contribution >= 4 is 0 Å². The fourth-order valence-electron chi connectivity index (χ4n) is 3.40. The van der Waals surface area contributed by atoms with Gasteiger partial charge in [-0.2, -0.15) is 0 Å². The summed E-state index contributed by atoms with van der Waals surface area (Å²) < 4.78 is 2.05. The average molecular weight is 271 g/mol. The third kappa shape index (κ3) is 2.04. The van der Waals surface area contributed by atoms with E-state index in [2.05, 4.69) is 21.7 Å². The van der Waals surface area contributed by atoms with E-state index in [4.69, 9.17) is 0 Å². The minimum atomic E-state index is -0.0817. The molecule has 0 bridgehead atoms. The van der Waals surface area contributed by atoms with E-state index < -0.39 is 0 Å². The van der Waals surface area contributed by atoms with Crippen LogP contribution >= 0.6 is 0 Å². The molecule has 1 heterocycles. The highest BCUT2D eigenvalue weighted by atomic mass is 16.3. The average Bonchev–Trinajstić information content (AvgIpc) is 3.15. The molecule has 1 aliphatic carbocycles. The minimum Gasteiger partial charge on any atom is -0.388 e. The summed E-state index contributed by atoms with van der Waals surface area (Å²) >= 11 is 0. The van der Waals surface area contributed by atoms with Crippen molar-refractivity contribution in [2.24, 2.45) is 0 Å². The molecule has 2 aromatic rings. The van der Waals surface area contributed by atoms with E-state index in [0.29, 0.717) is 5.82 Å². The molecule has 1 aliphatic rings. The van der Waals surface area contributed by atoms with E-state index in [0.717, 1.165) is 17.9 Å². The van der Waals surface area contributed by atoms with Gasteiger partial charge in [-0.25, -0.2) is 0 Å². The summed E-state index contributed by atoms with van der Waals surface area (Å²) in [5, 5.41) is 18.2. The molecule has 1 saturated carbocycles. The van der Waals surface area contributed by atoms with Crippen molar-refractivity contribution in [2.45, 2.75) is 51.0 Å². The Morgan fingerprint density at radius 2 is 1.85 bits per heavy atom. The Kier molecular flexibility index (Phi) is 3.57. The number of rotatable bonds is 4. The maximum Gasteiger partial charge on any atom is 0.163 e. The topological polar surface area (TPSA) is 50.9 Å². The van der Waals surface area contributed by atoms with Crippen LogP contribution in [0.5, 0.6) is 0 Å². The van der Waals surface area contributed by atoms with Crippen LogP contribution in [0.1, 0.15) is 50.7 Å². The van der Waals surface area contributed by atoms with Crippen molar-refractivity contribution in [3.05, 3.63) is 42.0 Å². The van der Waals surface area contributed by atoms with Gasteiger partial charge in [-0.1, -0.05) is 38.0 Å². The first-order valence-corrected chi connectivity index (χ1v) is 7.42. The summed E-state index contributed by atoms with van der Waals surface area (Å²) in [5.74, 6) is 1.65. The number of aromatic nitrogens is 3. The number of hydrogen-bond acceptors (Lipinski definition) is 3. The first-order chi connectivity index (χ1) is 9.80. The maximum atomic E-state index is 9.57. The number of aliphatic hydroxyl groups is 1. The Balaban J connectivity index is 2.15. The largest absolute Gasteiger partial charge is 0.388 e. The summed E-state index contributed by atoms with van der Waals surface area (Å²) in [6.07, 6.45) is 5.91. The number of hydrogen-bond donors (Lipinski definition) is 1. The maximum absolute atomic E-state index is 9.57. The highest BCUT2D eigenvalue weighted by Gasteiger charge is 2.39. The lowest BCUT2D eigenvalue weighted by Crippen LogP contribution is -2.26. The summed E-state index contributed by atoms with van der Waals surface area (Å²) in [7, 11) is 0. The van der Waals surface area contributed by atoms with Crippen LogP contribution in [0.15, 0.2) is 30.3 Å². The summed E-state index contributed by atoms with van der Waals surface area (Å²) in [4.78, 5) is 0. The molecule has 4 nitrogen and oxygen atoms in total. The third-order valence-corrected chi connectivity index (χ3v) is 4.60. The van der Waals surface area contributed by atoms with Crippen LogP contribution in [-0.2, 0) is 12.0 Å². The van der Waals surface area contributed by atoms with Crippen LogP contribution in [0.25, 0.3) is 5.69 Å². The van der Waals surface area contributed by atoms with Gasteiger partial charge in [-0.3, -0.25) is 4.57 Å². The Bertz CT molecular complexity index is 571. The van der Waals surface area contributed by atoms with Gasteiger partial charge in [0.25, 0.3) is 0 Å². The van der Waals surface area contributed by atoms with Crippen molar-refractivity contribution in [1.29, 1.82) is 0 Å². The van der Waals surface area contributed by atoms with Gasteiger partial charge in [0.05, 0.1) is 0 Å². The molecule has 0 unspecified atom stereocenters. The molecule has 1 N–H and O–H groups in total. The summed E-state index contributed by atoms with van der Waals surface area (Å²) in [6.45, 7) is 2.15. The SMILES string of the molecule is CCC1(c2nnc(CO)n2-c2ccccc2)CCCC1. The smallest absolute Gasteiger partial charge is 0.163 e. The lowest BCUT2D eigenvalue weighted by atomic mass is 9.82. The van der Waals surface area contributed by atoms with Crippen LogP contribution < -0.4 is 0 Å². The van der Waals surface area contributed by atoms with Gasteiger partial charge < -0.3 is 5.11 Å². The van der Waals surface area contributed by atoms with Gasteiger partial charge >= 0.3 is 0 Å². The van der Waals surface area contributed by atoms with Crippen molar-refractivity contribution in [3.63, 3.8) is 0 Å². The van der Waals surface area contributed by atoms with Crippen LogP contribution in [0.2, 0.25) is 0 Å². The number of nitrogens with zero attached hydrogens (tertiary/aromatic N) is 3. The summed E-state index contributed by atoms with van der Waals surface area (Å²) in [5.41, 5.74) is 1.16. The van der Waals surface area contributed by atoms with Gasteiger partial charge in [0.1, 0.15) is 12.4 Å². The van der Waals surface area contributed by atoms with Gasteiger partial charge in [-0.05, 0) is 31.4 Å². The molecule has 0 atom stereocenters. The van der Waals surface area contributed by atoms with Crippen molar-refractivity contribution < 1.29 is 5.11 Å². The fraction of sp³-hybridized carbons (Fsp3) is 0.500. The van der Waals surface area contributed by atoms with Crippen LogP contribution in [0.4, 0.5) is 0 Å². The van der Waals surface area contributed by atoms with Gasteiger partial charge in [0.2, 0.25) is 0 Å². The second-order valence-electron chi connectivity index (χ2n) is 5.61. The normalized spacial score (nSPS) is 17.5. The van der Waals surface area contributed by atoms with E-state index in [9.17, 15) is 5.11 Å². The van der Waals surface area contributed by atoms with Crippen LogP contribution in [0, 0.1) is 0 Å². The van der Waals surface area contributed by atoms with E-state index in [1.807, 2.05) is 30.3 Å². The van der Waals surface area contributed by atoms with E-state index in [1.165, 1.54) is 25.7 Å². The molecular weight excluding hydrogens is 250 g/mol. The predicted octanol–water partition coefficient (Wildman–Crippen LogP) is 2.98. The lowest BCUT2D eigenvalue weighted by Gasteiger charge is -2.27. The molecular formula is C16H21N3O. The number of para-hydroxylation sites is 1. The van der Waals surface area contributed by atoms with Crippen molar-refractivity contribution in [1.82, 2.24) is 14.8 Å². The zero-order valence-corrected chi connectivity index (χ0v) is 11.9. The molecule has 0 amide bonds. The monoisotopic (exact) mass is 271 g/mol. The Hall–Kier alpha value is -1.68. The minimum absolute atomic E-state index is 0.0817. The third-order valence-electron chi connectivity index (χ3n) is 4.60. The molecule has 106 valence electrons. The Morgan fingerprint density at radius 3 is 2.45 bits per heavy atom. The standard InChI is InChI=1S/C16H21N3O/c1-2-16(10-6-7-11-16)15-18-17-14(12-20)19(15)13-8-4-3-5-9-13/h3-5,8-9,20H,2,6-7,10-12H2,1H3. The zero-order chi connectivity index (χ0) is 14.0. The Morgan fingerprint density at radius 1 is 1.15 bits per heavy atom. The zero-order valence-electron chi connectivity index (χ0n) is 11.9. The van der Waals surface area contributed by atoms with Crippen molar-refractivity contribution in [3.8, 4) is 5.69 Å². The lowest BCUT2D eigenvalue weighted by molar-refractivity contribution is 0.267. The van der Waals surface area contributed by atoms with Crippen LogP contribution in [0.3, 0.4) is 0 Å². The van der Waals surface area contributed by atoms with Crippen molar-refractivity contribution in [2.75, 3.05) is 0 Å². The van der Waals surface area contributed by atoms with E-state index in [-0.39, 0.29) is 12.0 Å². The molecule has 0 aliphatic heterocycles. The molecule has 0 saturated heterocycles. The van der Waals surface area contributed by atoms with Gasteiger partial charge in [0, 0.05) is 11.1 Å². The Labute approximate surface area is 119 Å². The number of aliphatic hydroxyl groups excluding tert-OH is 1.